The molecule has 0 aliphatic rings. The lowest BCUT2D eigenvalue weighted by Gasteiger charge is -2.17. The number of hydrogen-bond acceptors (Lipinski definition) is 5. The average Bonchev–Trinajstić information content (AvgIpc) is 2.35. The molecule has 0 fully saturated rings. The van der Waals surface area contributed by atoms with Crippen molar-refractivity contribution in [2.45, 2.75) is 18.6 Å². The van der Waals surface area contributed by atoms with E-state index < -0.39 is 47.7 Å². The molecule has 0 spiro atoms. The molecule has 1 rings (SSSR count). The third-order valence-electron chi connectivity index (χ3n) is 2.57. The second-order valence-corrected chi connectivity index (χ2v) is 4.03. The van der Waals surface area contributed by atoms with Crippen LogP contribution < -0.4 is 5.73 Å². The summed E-state index contributed by atoms with van der Waals surface area (Å²) in [6.07, 6.45) is -3.92. The smallest absolute Gasteiger partial charge is 0.343 e. The molecule has 1 amide bonds. The number of aliphatic hydroxyl groups is 2. The molecule has 2 atom stereocenters. The Morgan fingerprint density at radius 2 is 1.80 bits per heavy atom. The van der Waals surface area contributed by atoms with E-state index >= 15 is 0 Å². The van der Waals surface area contributed by atoms with Crippen LogP contribution in [0.15, 0.2) is 12.1 Å². The van der Waals surface area contributed by atoms with Crippen LogP contribution in [0.25, 0.3) is 0 Å². The standard InChI is InChI=1S/C12H13F2NO5/c1-20-12(19)10-6(13)2-5(3-7(10)14)11(18)8(16)4-9(15)17/h2-3,8,11,16,18H,4H2,1H3,(H2,15,17). The van der Waals surface area contributed by atoms with Gasteiger partial charge in [-0.15, -0.1) is 0 Å². The third-order valence-corrected chi connectivity index (χ3v) is 2.57. The summed E-state index contributed by atoms with van der Waals surface area (Å²) < 4.78 is 31.4. The Balaban J connectivity index is 3.10. The lowest BCUT2D eigenvalue weighted by Crippen LogP contribution is -2.26. The molecule has 1 aromatic carbocycles. The van der Waals surface area contributed by atoms with Gasteiger partial charge in [0.1, 0.15) is 23.3 Å². The number of aliphatic hydroxyl groups excluding tert-OH is 2. The van der Waals surface area contributed by atoms with Gasteiger partial charge in [0.2, 0.25) is 5.91 Å². The van der Waals surface area contributed by atoms with Gasteiger partial charge in [-0.25, -0.2) is 13.6 Å². The minimum Gasteiger partial charge on any atom is -0.465 e. The zero-order valence-electron chi connectivity index (χ0n) is 10.5. The van der Waals surface area contributed by atoms with E-state index in [0.29, 0.717) is 12.1 Å². The Hall–Kier alpha value is -2.06. The molecule has 0 bridgehead atoms. The van der Waals surface area contributed by atoms with E-state index in [-0.39, 0.29) is 5.56 Å². The highest BCUT2D eigenvalue weighted by Crippen LogP contribution is 2.24. The normalized spacial score (nSPS) is 13.7. The van der Waals surface area contributed by atoms with Crippen LogP contribution >= 0.6 is 0 Å². The molecule has 0 radical (unpaired) electrons. The molecule has 1 aromatic rings. The Morgan fingerprint density at radius 1 is 1.30 bits per heavy atom. The van der Waals surface area contributed by atoms with Crippen molar-refractivity contribution in [3.8, 4) is 0 Å². The highest BCUT2D eigenvalue weighted by Gasteiger charge is 2.25. The lowest BCUT2D eigenvalue weighted by molar-refractivity contribution is -0.121. The van der Waals surface area contributed by atoms with Gasteiger partial charge in [-0.3, -0.25) is 4.79 Å². The van der Waals surface area contributed by atoms with Crippen LogP contribution in [0.5, 0.6) is 0 Å². The van der Waals surface area contributed by atoms with Crippen LogP contribution in [0.2, 0.25) is 0 Å². The number of benzene rings is 1. The monoisotopic (exact) mass is 289 g/mol. The number of carbonyl (C=O) groups is 2. The number of hydrogen-bond donors (Lipinski definition) is 3. The van der Waals surface area contributed by atoms with E-state index in [9.17, 15) is 28.6 Å². The SMILES string of the molecule is COC(=O)c1c(F)cc(C(O)C(O)CC(N)=O)cc1F. The van der Waals surface area contributed by atoms with Crippen molar-refractivity contribution in [3.63, 3.8) is 0 Å². The first-order chi connectivity index (χ1) is 9.27. The van der Waals surface area contributed by atoms with E-state index in [1.54, 1.807) is 0 Å². The molecule has 20 heavy (non-hydrogen) atoms. The van der Waals surface area contributed by atoms with Gasteiger partial charge in [-0.2, -0.15) is 0 Å². The highest BCUT2D eigenvalue weighted by atomic mass is 19.1. The minimum atomic E-state index is -1.72. The van der Waals surface area contributed by atoms with Crippen molar-refractivity contribution in [2.75, 3.05) is 7.11 Å². The number of amides is 1. The molecular formula is C12H13F2NO5. The molecule has 2 unspecified atom stereocenters. The Morgan fingerprint density at radius 3 is 2.20 bits per heavy atom. The number of nitrogens with two attached hydrogens (primary N) is 1. The lowest BCUT2D eigenvalue weighted by atomic mass is 10.00. The molecule has 4 N–H and O–H groups in total. The number of ether oxygens (including phenoxy) is 1. The van der Waals surface area contributed by atoms with Crippen molar-refractivity contribution in [3.05, 3.63) is 34.9 Å². The predicted molar refractivity (Wildman–Crippen MR) is 62.5 cm³/mol. The van der Waals surface area contributed by atoms with Crippen LogP contribution in [0.3, 0.4) is 0 Å². The molecule has 0 saturated carbocycles. The molecular weight excluding hydrogens is 276 g/mol. The number of rotatable bonds is 5. The zero-order chi connectivity index (χ0) is 15.4. The first-order valence-electron chi connectivity index (χ1n) is 5.49. The third kappa shape index (κ3) is 3.49. The van der Waals surface area contributed by atoms with Crippen molar-refractivity contribution in [1.29, 1.82) is 0 Å². The van der Waals surface area contributed by atoms with E-state index in [0.717, 1.165) is 7.11 Å². The number of carbonyl (C=O) groups excluding carboxylic acids is 2. The maximum atomic E-state index is 13.6. The van der Waals surface area contributed by atoms with Crippen molar-refractivity contribution < 1.29 is 33.3 Å². The molecule has 110 valence electrons. The fraction of sp³-hybridized carbons (Fsp3) is 0.333. The largest absolute Gasteiger partial charge is 0.465 e. The van der Waals surface area contributed by atoms with E-state index in [1.807, 2.05) is 0 Å². The van der Waals surface area contributed by atoms with Gasteiger partial charge in [0.05, 0.1) is 19.6 Å². The summed E-state index contributed by atoms with van der Waals surface area (Å²) in [5, 5.41) is 19.1. The summed E-state index contributed by atoms with van der Waals surface area (Å²) in [5.41, 5.74) is 3.59. The maximum Gasteiger partial charge on any atom is 0.343 e. The molecule has 0 saturated heterocycles. The highest BCUT2D eigenvalue weighted by molar-refractivity contribution is 5.90. The summed E-state index contributed by atoms with van der Waals surface area (Å²) >= 11 is 0. The molecule has 0 heterocycles. The molecule has 6 nitrogen and oxygen atoms in total. The van der Waals surface area contributed by atoms with Gasteiger partial charge in [0.15, 0.2) is 0 Å². The quantitative estimate of drug-likeness (QED) is 0.662. The zero-order valence-corrected chi connectivity index (χ0v) is 10.5. The summed E-state index contributed by atoms with van der Waals surface area (Å²) in [6, 6.07) is 1.34. The van der Waals surface area contributed by atoms with Crippen LogP contribution in [-0.2, 0) is 9.53 Å². The van der Waals surface area contributed by atoms with Crippen LogP contribution in [0.1, 0.15) is 28.4 Å². The molecule has 0 aromatic heterocycles. The fourth-order valence-corrected chi connectivity index (χ4v) is 1.60. The van der Waals surface area contributed by atoms with Gasteiger partial charge in [0, 0.05) is 0 Å². The van der Waals surface area contributed by atoms with Gasteiger partial charge >= 0.3 is 5.97 Å². The summed E-state index contributed by atoms with van der Waals surface area (Å²) in [7, 11) is 0.959. The summed E-state index contributed by atoms with van der Waals surface area (Å²) in [4.78, 5) is 21.7. The second-order valence-electron chi connectivity index (χ2n) is 4.03. The first kappa shape index (κ1) is 16.0. The van der Waals surface area contributed by atoms with Gasteiger partial charge in [-0.05, 0) is 17.7 Å². The van der Waals surface area contributed by atoms with Crippen LogP contribution in [0, 0.1) is 11.6 Å². The Kier molecular flexibility index (Phi) is 5.12. The number of esters is 1. The molecule has 8 heteroatoms. The van der Waals surface area contributed by atoms with E-state index in [2.05, 4.69) is 4.74 Å². The average molecular weight is 289 g/mol. The number of primary amides is 1. The molecule has 0 aliphatic carbocycles. The summed E-state index contributed by atoms with van der Waals surface area (Å²) in [5.74, 6) is -4.60. The van der Waals surface area contributed by atoms with Crippen molar-refractivity contribution in [2.24, 2.45) is 5.73 Å². The minimum absolute atomic E-state index is 0.332. The van der Waals surface area contributed by atoms with E-state index in [4.69, 9.17) is 5.73 Å². The van der Waals surface area contributed by atoms with Crippen LogP contribution in [-0.4, -0.2) is 35.3 Å². The maximum absolute atomic E-state index is 13.6. The second kappa shape index (κ2) is 6.40. The fourth-order valence-electron chi connectivity index (χ4n) is 1.60. The Bertz CT molecular complexity index is 512. The number of halogens is 2. The predicted octanol–water partition coefficient (Wildman–Crippen LogP) is 0.0211. The van der Waals surface area contributed by atoms with Crippen LogP contribution in [0.4, 0.5) is 8.78 Å². The first-order valence-corrected chi connectivity index (χ1v) is 5.49. The summed E-state index contributed by atoms with van der Waals surface area (Å²) in [6.45, 7) is 0. The topological polar surface area (TPSA) is 110 Å². The number of methoxy groups -OCH3 is 1. The van der Waals surface area contributed by atoms with Gasteiger partial charge < -0.3 is 20.7 Å². The van der Waals surface area contributed by atoms with Gasteiger partial charge in [0.25, 0.3) is 0 Å². The van der Waals surface area contributed by atoms with E-state index in [1.165, 1.54) is 0 Å². The Labute approximate surface area is 112 Å². The van der Waals surface area contributed by atoms with Gasteiger partial charge in [-0.1, -0.05) is 0 Å². The van der Waals surface area contributed by atoms with Crippen molar-refractivity contribution in [1.82, 2.24) is 0 Å². The molecule has 0 aliphatic heterocycles. The van der Waals surface area contributed by atoms with Crippen molar-refractivity contribution >= 4 is 11.9 Å².